The van der Waals surface area contributed by atoms with Gasteiger partial charge in [-0.3, -0.25) is 9.78 Å². The number of nitrogens with zero attached hydrogens (tertiary/aromatic N) is 5. The van der Waals surface area contributed by atoms with Gasteiger partial charge in [-0.15, -0.1) is 10.2 Å². The topological polar surface area (TPSA) is 105 Å². The van der Waals surface area contributed by atoms with Crippen LogP contribution in [0, 0.1) is 0 Å². The number of hydrogen-bond donors (Lipinski definition) is 2. The number of carbonyl (C=O) groups excluding carboxylic acids is 2. The molecule has 3 amide bonds. The van der Waals surface area contributed by atoms with Crippen molar-refractivity contribution in [3.8, 4) is 11.4 Å². The number of halogens is 1. The summed E-state index contributed by atoms with van der Waals surface area (Å²) in [6, 6.07) is 9.91. The van der Waals surface area contributed by atoms with Gasteiger partial charge >= 0.3 is 6.03 Å². The lowest BCUT2D eigenvalue weighted by Gasteiger charge is -2.30. The van der Waals surface area contributed by atoms with Gasteiger partial charge in [-0.05, 0) is 41.1 Å². The van der Waals surface area contributed by atoms with Gasteiger partial charge in [-0.25, -0.2) is 4.79 Å². The first-order valence-electron chi connectivity index (χ1n) is 9.45. The number of amides is 3. The van der Waals surface area contributed by atoms with E-state index in [4.69, 9.17) is 0 Å². The molecule has 3 aromatic rings. The Morgan fingerprint density at radius 2 is 1.93 bits per heavy atom. The Kier molecular flexibility index (Phi) is 5.75. The summed E-state index contributed by atoms with van der Waals surface area (Å²) < 4.78 is 2.85. The standard InChI is InChI=1S/C20H20BrN7O2/c1-13(23-20(30)24-16-5-3-2-4-6-16)19(29)27-7-8-28-17(12-27)25-26-18(28)14-9-15(21)11-22-10-14/h2-6,9-11,13H,7-8,12H2,1H3,(H2,23,24,30). The van der Waals surface area contributed by atoms with E-state index < -0.39 is 12.1 Å². The predicted molar refractivity (Wildman–Crippen MR) is 114 cm³/mol. The van der Waals surface area contributed by atoms with Gasteiger partial charge in [0, 0.05) is 41.2 Å². The highest BCUT2D eigenvalue weighted by Crippen LogP contribution is 2.23. The highest BCUT2D eigenvalue weighted by atomic mass is 79.9. The molecule has 1 aromatic carbocycles. The smallest absolute Gasteiger partial charge is 0.319 e. The van der Waals surface area contributed by atoms with Crippen LogP contribution in [0.4, 0.5) is 10.5 Å². The molecule has 30 heavy (non-hydrogen) atoms. The average molecular weight is 470 g/mol. The Morgan fingerprint density at radius 3 is 2.70 bits per heavy atom. The SMILES string of the molecule is CC(NC(=O)Nc1ccccc1)C(=O)N1CCn2c(nnc2-c2cncc(Br)c2)C1. The fourth-order valence-corrected chi connectivity index (χ4v) is 3.68. The summed E-state index contributed by atoms with van der Waals surface area (Å²) in [6.07, 6.45) is 3.44. The van der Waals surface area contributed by atoms with Crippen molar-refractivity contribution in [3.05, 3.63) is 59.1 Å². The van der Waals surface area contributed by atoms with E-state index in [1.165, 1.54) is 0 Å². The molecule has 0 fully saturated rings. The molecular formula is C20H20BrN7O2. The molecule has 0 spiro atoms. The van der Waals surface area contributed by atoms with Crippen molar-refractivity contribution < 1.29 is 9.59 Å². The van der Waals surface area contributed by atoms with Crippen LogP contribution in [0.5, 0.6) is 0 Å². The first-order chi connectivity index (χ1) is 14.5. The van der Waals surface area contributed by atoms with Crippen LogP contribution in [-0.2, 0) is 17.9 Å². The zero-order valence-electron chi connectivity index (χ0n) is 16.2. The minimum Gasteiger partial charge on any atom is -0.332 e. The maximum Gasteiger partial charge on any atom is 0.319 e. The van der Waals surface area contributed by atoms with Gasteiger partial charge < -0.3 is 20.1 Å². The number of aromatic nitrogens is 4. The summed E-state index contributed by atoms with van der Waals surface area (Å²) in [5, 5.41) is 13.9. The first-order valence-corrected chi connectivity index (χ1v) is 10.2. The summed E-state index contributed by atoms with van der Waals surface area (Å²) in [4.78, 5) is 30.8. The molecule has 10 heteroatoms. The maximum atomic E-state index is 12.8. The van der Waals surface area contributed by atoms with Crippen molar-refractivity contribution in [3.63, 3.8) is 0 Å². The Bertz CT molecular complexity index is 1070. The van der Waals surface area contributed by atoms with Gasteiger partial charge in [-0.2, -0.15) is 0 Å². The molecule has 9 nitrogen and oxygen atoms in total. The third kappa shape index (κ3) is 4.33. The Hall–Kier alpha value is -3.27. The second kappa shape index (κ2) is 8.62. The zero-order chi connectivity index (χ0) is 21.1. The molecule has 2 aromatic heterocycles. The van der Waals surface area contributed by atoms with Gasteiger partial charge in [0.2, 0.25) is 5.91 Å². The lowest BCUT2D eigenvalue weighted by Crippen LogP contribution is -2.50. The number of urea groups is 1. The number of hydrogen-bond acceptors (Lipinski definition) is 5. The lowest BCUT2D eigenvalue weighted by atomic mass is 10.2. The normalized spacial score (nSPS) is 14.0. The number of benzene rings is 1. The molecular weight excluding hydrogens is 450 g/mol. The summed E-state index contributed by atoms with van der Waals surface area (Å²) in [7, 11) is 0. The van der Waals surface area contributed by atoms with Crippen molar-refractivity contribution in [1.82, 2.24) is 30.0 Å². The van der Waals surface area contributed by atoms with Crippen molar-refractivity contribution in [2.75, 3.05) is 11.9 Å². The number of anilines is 1. The van der Waals surface area contributed by atoms with Crippen LogP contribution in [-0.4, -0.2) is 49.2 Å². The molecule has 1 atom stereocenters. The van der Waals surface area contributed by atoms with Gasteiger partial charge in [-0.1, -0.05) is 18.2 Å². The fraction of sp³-hybridized carbons (Fsp3) is 0.250. The molecule has 1 aliphatic rings. The molecule has 0 bridgehead atoms. The molecule has 3 heterocycles. The van der Waals surface area contributed by atoms with Crippen LogP contribution in [0.3, 0.4) is 0 Å². The third-order valence-corrected chi connectivity index (χ3v) is 5.21. The monoisotopic (exact) mass is 469 g/mol. The van der Waals surface area contributed by atoms with Crippen LogP contribution in [0.2, 0.25) is 0 Å². The van der Waals surface area contributed by atoms with Gasteiger partial charge in [0.05, 0.1) is 6.54 Å². The van der Waals surface area contributed by atoms with Crippen molar-refractivity contribution in [2.45, 2.75) is 26.1 Å². The van der Waals surface area contributed by atoms with E-state index >= 15 is 0 Å². The van der Waals surface area contributed by atoms with Crippen LogP contribution >= 0.6 is 15.9 Å². The second-order valence-electron chi connectivity index (χ2n) is 6.93. The number of pyridine rings is 1. The Morgan fingerprint density at radius 1 is 1.13 bits per heavy atom. The Labute approximate surface area is 181 Å². The maximum absolute atomic E-state index is 12.8. The highest BCUT2D eigenvalue weighted by Gasteiger charge is 2.28. The summed E-state index contributed by atoms with van der Waals surface area (Å²) in [5.74, 6) is 1.25. The van der Waals surface area contributed by atoms with E-state index in [0.717, 1.165) is 15.9 Å². The molecule has 1 aliphatic heterocycles. The Balaban J connectivity index is 1.39. The molecule has 0 saturated heterocycles. The van der Waals surface area contributed by atoms with Crippen LogP contribution in [0.15, 0.2) is 53.3 Å². The molecule has 0 aliphatic carbocycles. The zero-order valence-corrected chi connectivity index (χ0v) is 17.8. The molecule has 154 valence electrons. The van der Waals surface area contributed by atoms with E-state index in [1.54, 1.807) is 36.4 Å². The number of rotatable bonds is 4. The molecule has 0 saturated carbocycles. The van der Waals surface area contributed by atoms with Gasteiger partial charge in [0.15, 0.2) is 11.6 Å². The minimum absolute atomic E-state index is 0.168. The van der Waals surface area contributed by atoms with Crippen LogP contribution in [0.1, 0.15) is 12.7 Å². The average Bonchev–Trinajstić information content (AvgIpc) is 3.17. The summed E-state index contributed by atoms with van der Waals surface area (Å²) >= 11 is 3.42. The van der Waals surface area contributed by atoms with Crippen molar-refractivity contribution in [2.24, 2.45) is 0 Å². The van der Waals surface area contributed by atoms with Crippen LogP contribution in [0.25, 0.3) is 11.4 Å². The minimum atomic E-state index is -0.670. The fourth-order valence-electron chi connectivity index (χ4n) is 3.31. The number of nitrogens with one attached hydrogen (secondary N) is 2. The van der Waals surface area contributed by atoms with E-state index in [2.05, 4.69) is 41.7 Å². The summed E-state index contributed by atoms with van der Waals surface area (Å²) in [5.41, 5.74) is 1.52. The quantitative estimate of drug-likeness (QED) is 0.610. The van der Waals surface area contributed by atoms with Gasteiger partial charge in [0.25, 0.3) is 0 Å². The highest BCUT2D eigenvalue weighted by molar-refractivity contribution is 9.10. The van der Waals surface area contributed by atoms with E-state index in [1.807, 2.05) is 28.8 Å². The number of fused-ring (bicyclic) bond motifs is 1. The lowest BCUT2D eigenvalue weighted by molar-refractivity contribution is -0.134. The van der Waals surface area contributed by atoms with Crippen molar-refractivity contribution >= 4 is 33.6 Å². The van der Waals surface area contributed by atoms with E-state index in [9.17, 15) is 9.59 Å². The number of para-hydroxylation sites is 1. The molecule has 2 N–H and O–H groups in total. The van der Waals surface area contributed by atoms with E-state index in [-0.39, 0.29) is 5.91 Å². The van der Waals surface area contributed by atoms with E-state index in [0.29, 0.717) is 31.1 Å². The summed E-state index contributed by atoms with van der Waals surface area (Å²) in [6.45, 7) is 3.08. The molecule has 1 unspecified atom stereocenters. The largest absolute Gasteiger partial charge is 0.332 e. The predicted octanol–water partition coefficient (Wildman–Crippen LogP) is 2.66. The van der Waals surface area contributed by atoms with Crippen molar-refractivity contribution in [1.29, 1.82) is 0 Å². The molecule has 0 radical (unpaired) electrons. The third-order valence-electron chi connectivity index (χ3n) is 4.78. The first kappa shape index (κ1) is 20.0. The second-order valence-corrected chi connectivity index (χ2v) is 7.84. The van der Waals surface area contributed by atoms with Gasteiger partial charge in [0.1, 0.15) is 6.04 Å². The van der Waals surface area contributed by atoms with Crippen LogP contribution < -0.4 is 10.6 Å². The molecule has 4 rings (SSSR count). The number of carbonyl (C=O) groups is 2.